The fourth-order valence-electron chi connectivity index (χ4n) is 4.82. The van der Waals surface area contributed by atoms with Crippen molar-refractivity contribution in [1.82, 2.24) is 0 Å². The number of hydrogen-bond donors (Lipinski definition) is 1. The van der Waals surface area contributed by atoms with E-state index in [2.05, 4.69) is 90.3 Å². The van der Waals surface area contributed by atoms with Crippen LogP contribution in [-0.4, -0.2) is 0 Å². The summed E-state index contributed by atoms with van der Waals surface area (Å²) in [6, 6.07) is 26.4. The van der Waals surface area contributed by atoms with Crippen molar-refractivity contribution in [2.24, 2.45) is 0 Å². The van der Waals surface area contributed by atoms with Gasteiger partial charge in [-0.2, -0.15) is 0 Å². The third kappa shape index (κ3) is 1.68. The molecule has 3 aromatic carbocycles. The van der Waals surface area contributed by atoms with Crippen molar-refractivity contribution < 1.29 is 0 Å². The van der Waals surface area contributed by atoms with E-state index in [9.17, 15) is 0 Å². The Morgan fingerprint density at radius 1 is 0.600 bits per heavy atom. The highest BCUT2D eigenvalue weighted by Gasteiger charge is 2.40. The fraction of sp³-hybridized carbons (Fsp3) is 0.0833. The molecule has 0 aromatic heterocycles. The van der Waals surface area contributed by atoms with Crippen molar-refractivity contribution in [3.8, 4) is 0 Å². The molecule has 0 fully saturated rings. The zero-order chi connectivity index (χ0) is 16.4. The molecule has 0 amide bonds. The van der Waals surface area contributed by atoms with Crippen molar-refractivity contribution in [1.29, 1.82) is 0 Å². The summed E-state index contributed by atoms with van der Waals surface area (Å²) in [6.45, 7) is 0. The van der Waals surface area contributed by atoms with Gasteiger partial charge in [-0.15, -0.1) is 0 Å². The van der Waals surface area contributed by atoms with Gasteiger partial charge in [0.25, 0.3) is 0 Å². The van der Waals surface area contributed by atoms with E-state index < -0.39 is 0 Å². The van der Waals surface area contributed by atoms with Gasteiger partial charge in [0.15, 0.2) is 0 Å². The first-order valence-corrected chi connectivity index (χ1v) is 8.88. The van der Waals surface area contributed by atoms with Crippen LogP contribution in [0.25, 0.3) is 17.3 Å². The van der Waals surface area contributed by atoms with Gasteiger partial charge in [-0.25, -0.2) is 0 Å². The smallest absolute Gasteiger partial charge is 0.0421 e. The van der Waals surface area contributed by atoms with Gasteiger partial charge in [0.05, 0.1) is 0 Å². The third-order valence-electron chi connectivity index (χ3n) is 5.85. The summed E-state index contributed by atoms with van der Waals surface area (Å²) in [5.41, 5.74) is 8.26. The minimum atomic E-state index is 0.368. The molecular formula is C24H17N. The Balaban J connectivity index is 1.77. The number of fused-ring (bicyclic) bond motifs is 8. The molecule has 1 aliphatic heterocycles. The van der Waals surface area contributed by atoms with E-state index in [1.807, 2.05) is 0 Å². The molecule has 3 aromatic rings. The predicted octanol–water partition coefficient (Wildman–Crippen LogP) is 3.98. The summed E-state index contributed by atoms with van der Waals surface area (Å²) >= 11 is 0. The van der Waals surface area contributed by atoms with Gasteiger partial charge in [-0.05, 0) is 33.5 Å². The number of rotatable bonds is 0. The highest BCUT2D eigenvalue weighted by Crippen LogP contribution is 2.53. The lowest BCUT2D eigenvalue weighted by Gasteiger charge is -2.33. The average Bonchev–Trinajstić information content (AvgIpc) is 3.07. The van der Waals surface area contributed by atoms with Crippen LogP contribution >= 0.6 is 0 Å². The second-order valence-corrected chi connectivity index (χ2v) is 7.04. The molecule has 1 nitrogen and oxygen atoms in total. The van der Waals surface area contributed by atoms with E-state index in [-0.39, 0.29) is 0 Å². The Morgan fingerprint density at radius 3 is 2.24 bits per heavy atom. The average molecular weight is 319 g/mol. The van der Waals surface area contributed by atoms with Gasteiger partial charge in [0, 0.05) is 28.4 Å². The molecule has 1 heteroatoms. The number of nitrogens with one attached hydrogen (secondary N) is 1. The lowest BCUT2D eigenvalue weighted by atomic mass is 9.69. The number of allylic oxidation sites excluding steroid dienone is 1. The summed E-state index contributed by atoms with van der Waals surface area (Å²) in [6.07, 6.45) is 4.61. The second kappa shape index (κ2) is 4.73. The maximum absolute atomic E-state index is 3.74. The monoisotopic (exact) mass is 319 g/mol. The fourth-order valence-corrected chi connectivity index (χ4v) is 4.82. The van der Waals surface area contributed by atoms with Crippen molar-refractivity contribution in [3.63, 3.8) is 0 Å². The highest BCUT2D eigenvalue weighted by molar-refractivity contribution is 5.90. The standard InChI is InChI=1S/C24H17N/c1-2-8-16-15(7-1)13-14-18-17-9-3-4-10-19(17)24-23(22(16)18)20-11-5-6-12-21(20)25-24/h1-14,22-23,25H. The minimum absolute atomic E-state index is 0.368. The summed E-state index contributed by atoms with van der Waals surface area (Å²) in [4.78, 5) is 0. The van der Waals surface area contributed by atoms with E-state index >= 15 is 0 Å². The van der Waals surface area contributed by atoms with Crippen molar-refractivity contribution in [2.75, 3.05) is 5.32 Å². The Labute approximate surface area is 146 Å². The van der Waals surface area contributed by atoms with Gasteiger partial charge >= 0.3 is 0 Å². The predicted molar refractivity (Wildman–Crippen MR) is 104 cm³/mol. The molecule has 25 heavy (non-hydrogen) atoms. The van der Waals surface area contributed by atoms with Gasteiger partial charge in [-0.3, -0.25) is 0 Å². The molecule has 0 bridgehead atoms. The zero-order valence-corrected chi connectivity index (χ0v) is 13.7. The molecule has 0 spiro atoms. The topological polar surface area (TPSA) is 12.0 Å². The molecule has 2 unspecified atom stereocenters. The van der Waals surface area contributed by atoms with Crippen LogP contribution in [0.3, 0.4) is 0 Å². The zero-order valence-electron chi connectivity index (χ0n) is 13.7. The molecule has 2 atom stereocenters. The van der Waals surface area contributed by atoms with Gasteiger partial charge in [0.1, 0.15) is 0 Å². The third-order valence-corrected chi connectivity index (χ3v) is 5.85. The van der Waals surface area contributed by atoms with Crippen LogP contribution in [0.2, 0.25) is 0 Å². The first kappa shape index (κ1) is 13.3. The summed E-state index contributed by atoms with van der Waals surface area (Å²) < 4.78 is 0. The second-order valence-electron chi connectivity index (χ2n) is 7.04. The largest absolute Gasteiger partial charge is 0.358 e. The maximum Gasteiger partial charge on any atom is 0.0421 e. The molecule has 1 N–H and O–H groups in total. The first-order chi connectivity index (χ1) is 12.4. The number of benzene rings is 3. The van der Waals surface area contributed by atoms with E-state index in [1.54, 1.807) is 0 Å². The lowest BCUT2D eigenvalue weighted by Crippen LogP contribution is -2.38. The van der Waals surface area contributed by atoms with Crippen molar-refractivity contribution in [2.45, 2.75) is 11.8 Å². The molecular weight excluding hydrogens is 302 g/mol. The molecule has 118 valence electrons. The van der Waals surface area contributed by atoms with E-state index in [0.29, 0.717) is 11.8 Å². The number of para-hydroxylation sites is 1. The Hall–Kier alpha value is -3.06. The lowest BCUT2D eigenvalue weighted by molar-refractivity contribution is 0.766. The van der Waals surface area contributed by atoms with Crippen LogP contribution in [0.4, 0.5) is 5.69 Å². The summed E-state index contributed by atoms with van der Waals surface area (Å²) in [5, 5.41) is 6.45. The summed E-state index contributed by atoms with van der Waals surface area (Å²) in [5.74, 6) is 0.745. The van der Waals surface area contributed by atoms with E-state index in [0.717, 1.165) is 0 Å². The Kier molecular flexibility index (Phi) is 2.51. The molecule has 0 saturated heterocycles. The molecule has 3 aliphatic rings. The van der Waals surface area contributed by atoms with Crippen LogP contribution in [-0.2, 0) is 0 Å². The normalized spacial score (nSPS) is 21.6. The van der Waals surface area contributed by atoms with Crippen LogP contribution in [0.15, 0.2) is 78.9 Å². The van der Waals surface area contributed by atoms with Gasteiger partial charge < -0.3 is 5.32 Å². The van der Waals surface area contributed by atoms with E-state index in [1.165, 1.54) is 44.1 Å². The molecule has 0 radical (unpaired) electrons. The minimum Gasteiger partial charge on any atom is -0.358 e. The number of hydrogen-bond acceptors (Lipinski definition) is 1. The van der Waals surface area contributed by atoms with Gasteiger partial charge in [0.2, 0.25) is 0 Å². The van der Waals surface area contributed by atoms with Crippen LogP contribution in [0, 0.1) is 0 Å². The Morgan fingerprint density at radius 2 is 1.32 bits per heavy atom. The van der Waals surface area contributed by atoms with Crippen LogP contribution in [0.1, 0.15) is 28.5 Å². The van der Waals surface area contributed by atoms with Crippen molar-refractivity contribution in [3.05, 3.63) is 106 Å². The maximum atomic E-state index is 3.74. The van der Waals surface area contributed by atoms with Gasteiger partial charge in [-0.1, -0.05) is 78.9 Å². The number of anilines is 1. The molecule has 6 rings (SSSR count). The van der Waals surface area contributed by atoms with Crippen LogP contribution in [0.5, 0.6) is 0 Å². The molecule has 1 heterocycles. The Bertz CT molecular complexity index is 1180. The summed E-state index contributed by atoms with van der Waals surface area (Å²) in [7, 11) is 0. The first-order valence-electron chi connectivity index (χ1n) is 8.88. The van der Waals surface area contributed by atoms with Crippen LogP contribution < -0.4 is 15.8 Å². The van der Waals surface area contributed by atoms with E-state index in [4.69, 9.17) is 0 Å². The SMILES string of the molecule is C1=Cc2ccccc2C2C1=c1ccccc1=C1Nc3ccccc3C12. The van der Waals surface area contributed by atoms with Crippen molar-refractivity contribution >= 4 is 23.0 Å². The quantitative estimate of drug-likeness (QED) is 0.661. The highest BCUT2D eigenvalue weighted by atomic mass is 14.9. The molecule has 0 saturated carbocycles. The molecule has 2 aliphatic carbocycles.